The second-order valence-electron chi connectivity index (χ2n) is 3.81. The lowest BCUT2D eigenvalue weighted by molar-refractivity contribution is 0.199. The van der Waals surface area contributed by atoms with Crippen molar-refractivity contribution in [2.45, 2.75) is 16.1 Å². The lowest BCUT2D eigenvalue weighted by Crippen LogP contribution is -2.27. The average molecular weight is 358 g/mol. The molecule has 4 nitrogen and oxygen atoms in total. The minimum atomic E-state index is -3.83. The molecular weight excluding hydrogens is 344 g/mol. The fraction of sp³-hybridized carbons (Fsp3) is 0.455. The molecule has 1 N–H and O–H groups in total. The molecule has 0 heterocycles. The third-order valence-corrected chi connectivity index (χ3v) is 4.48. The third kappa shape index (κ3) is 5.13. The summed E-state index contributed by atoms with van der Waals surface area (Å²) in [6.07, 6.45) is 0.511. The van der Waals surface area contributed by atoms with Crippen molar-refractivity contribution in [3.8, 4) is 0 Å². The highest BCUT2D eigenvalue weighted by Crippen LogP contribution is 2.14. The topological polar surface area (TPSA) is 55.4 Å². The molecule has 1 rings (SSSR count). The zero-order valence-electron chi connectivity index (χ0n) is 10.2. The fourth-order valence-corrected chi connectivity index (χ4v) is 2.89. The molecule has 0 aliphatic heterocycles. The fourth-order valence-electron chi connectivity index (χ4n) is 1.34. The van der Waals surface area contributed by atoms with E-state index in [4.69, 9.17) is 4.74 Å². The van der Waals surface area contributed by atoms with Gasteiger partial charge in [-0.25, -0.2) is 21.9 Å². The van der Waals surface area contributed by atoms with Crippen molar-refractivity contribution in [2.75, 3.05) is 20.3 Å². The molecule has 0 saturated heterocycles. The smallest absolute Gasteiger partial charge is 0.240 e. The van der Waals surface area contributed by atoms with Crippen molar-refractivity contribution >= 4 is 26.0 Å². The van der Waals surface area contributed by atoms with Crippen LogP contribution in [0.4, 0.5) is 8.78 Å². The third-order valence-electron chi connectivity index (χ3n) is 2.30. The molecular formula is C11H14BrF2NO3S. The maximum Gasteiger partial charge on any atom is 0.240 e. The molecule has 0 spiro atoms. The van der Waals surface area contributed by atoms with Crippen LogP contribution in [0.1, 0.15) is 6.42 Å². The van der Waals surface area contributed by atoms with Gasteiger partial charge in [0.25, 0.3) is 0 Å². The lowest BCUT2D eigenvalue weighted by atomic mass is 10.3. The molecule has 0 aliphatic carbocycles. The number of benzene rings is 1. The highest BCUT2D eigenvalue weighted by Gasteiger charge is 2.16. The number of halogens is 3. The number of sulfonamides is 1. The van der Waals surface area contributed by atoms with Gasteiger partial charge in [-0.2, -0.15) is 0 Å². The van der Waals surface area contributed by atoms with Crippen LogP contribution in [-0.4, -0.2) is 33.5 Å². The van der Waals surface area contributed by atoms with Gasteiger partial charge >= 0.3 is 0 Å². The van der Waals surface area contributed by atoms with Gasteiger partial charge in [-0.05, 0) is 24.6 Å². The van der Waals surface area contributed by atoms with Crippen molar-refractivity contribution in [1.82, 2.24) is 4.72 Å². The van der Waals surface area contributed by atoms with Crippen LogP contribution in [-0.2, 0) is 14.8 Å². The quantitative estimate of drug-likeness (QED) is 0.759. The average Bonchev–Trinajstić information content (AvgIpc) is 2.32. The Morgan fingerprint density at radius 2 is 2.05 bits per heavy atom. The summed E-state index contributed by atoms with van der Waals surface area (Å²) in [5, 5.41) is 0. The van der Waals surface area contributed by atoms with E-state index < -0.39 is 21.7 Å². The summed E-state index contributed by atoms with van der Waals surface area (Å²) in [6, 6.07) is 2.45. The summed E-state index contributed by atoms with van der Waals surface area (Å²) < 4.78 is 56.5. The zero-order chi connectivity index (χ0) is 14.5. The van der Waals surface area contributed by atoms with E-state index in [0.29, 0.717) is 19.1 Å². The second kappa shape index (κ2) is 7.28. The van der Waals surface area contributed by atoms with E-state index in [0.717, 1.165) is 12.1 Å². The van der Waals surface area contributed by atoms with E-state index in [9.17, 15) is 17.2 Å². The number of nitrogens with one attached hydrogen (secondary N) is 1. The first-order valence-corrected chi connectivity index (χ1v) is 7.84. The van der Waals surface area contributed by atoms with Gasteiger partial charge in [0.05, 0.1) is 11.5 Å². The number of ether oxygens (including phenoxy) is 1. The van der Waals surface area contributed by atoms with Crippen molar-refractivity contribution < 1.29 is 21.9 Å². The van der Waals surface area contributed by atoms with Gasteiger partial charge in [0.1, 0.15) is 0 Å². The predicted molar refractivity (Wildman–Crippen MR) is 70.8 cm³/mol. The van der Waals surface area contributed by atoms with E-state index >= 15 is 0 Å². The Balaban J connectivity index is 2.63. The molecule has 108 valence electrons. The summed E-state index contributed by atoms with van der Waals surface area (Å²) in [5.41, 5.74) is 0. The van der Waals surface area contributed by atoms with Crippen LogP contribution >= 0.6 is 15.9 Å². The molecule has 0 aliphatic rings. The van der Waals surface area contributed by atoms with Gasteiger partial charge < -0.3 is 4.74 Å². The Kier molecular flexibility index (Phi) is 6.31. The van der Waals surface area contributed by atoms with Crippen molar-refractivity contribution in [2.24, 2.45) is 0 Å². The van der Waals surface area contributed by atoms with Gasteiger partial charge in [-0.3, -0.25) is 0 Å². The first kappa shape index (κ1) is 16.5. The summed E-state index contributed by atoms with van der Waals surface area (Å²) >= 11 is 3.31. The van der Waals surface area contributed by atoms with Crippen LogP contribution in [0, 0.1) is 11.6 Å². The standard InChI is InChI=1S/C11H14BrF2NO3S/c1-18-7-8(12)4-5-15-19(16,17)9-2-3-10(13)11(14)6-9/h2-3,6,8,15H,4-5,7H2,1H3. The molecule has 0 saturated carbocycles. The van der Waals surface area contributed by atoms with Gasteiger partial charge in [0, 0.05) is 18.5 Å². The van der Waals surface area contributed by atoms with Crippen LogP contribution in [0.5, 0.6) is 0 Å². The van der Waals surface area contributed by atoms with Gasteiger partial charge in [-0.15, -0.1) is 0 Å². The second-order valence-corrected chi connectivity index (χ2v) is 6.88. The van der Waals surface area contributed by atoms with E-state index in [1.54, 1.807) is 7.11 Å². The van der Waals surface area contributed by atoms with E-state index in [-0.39, 0.29) is 16.3 Å². The highest BCUT2D eigenvalue weighted by atomic mass is 79.9. The maximum atomic E-state index is 13.0. The number of methoxy groups -OCH3 is 1. The Morgan fingerprint density at radius 3 is 2.63 bits per heavy atom. The van der Waals surface area contributed by atoms with Crippen LogP contribution < -0.4 is 4.72 Å². The lowest BCUT2D eigenvalue weighted by Gasteiger charge is -2.10. The first-order chi connectivity index (χ1) is 8.86. The predicted octanol–water partition coefficient (Wildman–Crippen LogP) is 2.04. The first-order valence-electron chi connectivity index (χ1n) is 5.44. The molecule has 1 aromatic rings. The van der Waals surface area contributed by atoms with E-state index in [1.165, 1.54) is 0 Å². The molecule has 8 heteroatoms. The summed E-state index contributed by atoms with van der Waals surface area (Å²) in [6.45, 7) is 0.619. The number of hydrogen-bond acceptors (Lipinski definition) is 3. The van der Waals surface area contributed by atoms with Crippen molar-refractivity contribution in [1.29, 1.82) is 0 Å². The van der Waals surface area contributed by atoms with Crippen LogP contribution in [0.15, 0.2) is 23.1 Å². The van der Waals surface area contributed by atoms with E-state index in [2.05, 4.69) is 20.7 Å². The number of hydrogen-bond donors (Lipinski definition) is 1. The molecule has 0 fully saturated rings. The molecule has 1 atom stereocenters. The molecule has 19 heavy (non-hydrogen) atoms. The van der Waals surface area contributed by atoms with Crippen LogP contribution in [0.25, 0.3) is 0 Å². The van der Waals surface area contributed by atoms with Gasteiger partial charge in [0.2, 0.25) is 10.0 Å². The van der Waals surface area contributed by atoms with E-state index in [1.807, 2.05) is 0 Å². The molecule has 1 unspecified atom stereocenters. The van der Waals surface area contributed by atoms with Crippen LogP contribution in [0.2, 0.25) is 0 Å². The van der Waals surface area contributed by atoms with Gasteiger partial charge in [-0.1, -0.05) is 15.9 Å². The molecule has 0 radical (unpaired) electrons. The van der Waals surface area contributed by atoms with Crippen molar-refractivity contribution in [3.63, 3.8) is 0 Å². The maximum absolute atomic E-state index is 13.0. The van der Waals surface area contributed by atoms with Crippen molar-refractivity contribution in [3.05, 3.63) is 29.8 Å². The number of alkyl halides is 1. The van der Waals surface area contributed by atoms with Crippen LogP contribution in [0.3, 0.4) is 0 Å². The zero-order valence-corrected chi connectivity index (χ0v) is 12.6. The summed E-state index contributed by atoms with van der Waals surface area (Å²) in [4.78, 5) is -0.283. The number of rotatable bonds is 7. The Hall–Kier alpha value is -0.570. The summed E-state index contributed by atoms with van der Waals surface area (Å²) in [5.74, 6) is -2.28. The minimum absolute atomic E-state index is 0.0187. The molecule has 0 bridgehead atoms. The van der Waals surface area contributed by atoms with Gasteiger partial charge in [0.15, 0.2) is 11.6 Å². The highest BCUT2D eigenvalue weighted by molar-refractivity contribution is 9.09. The molecule has 0 amide bonds. The monoisotopic (exact) mass is 357 g/mol. The Labute approximate surface area is 119 Å². The minimum Gasteiger partial charge on any atom is -0.384 e. The normalized spacial score (nSPS) is 13.5. The SMILES string of the molecule is COCC(Br)CCNS(=O)(=O)c1ccc(F)c(F)c1. The Bertz CT molecular complexity index is 525. The largest absolute Gasteiger partial charge is 0.384 e. The molecule has 0 aromatic heterocycles. The Morgan fingerprint density at radius 1 is 1.37 bits per heavy atom. The molecule has 1 aromatic carbocycles. The summed E-state index contributed by atoms with van der Waals surface area (Å²) in [7, 11) is -2.29.